The fourth-order valence-electron chi connectivity index (χ4n) is 4.47. The Kier molecular flexibility index (Phi) is 6.13. The van der Waals surface area contributed by atoms with Crippen LogP contribution in [0.5, 0.6) is 0 Å². The second kappa shape index (κ2) is 9.32. The number of fused-ring (bicyclic) bond motifs is 1. The van der Waals surface area contributed by atoms with Crippen molar-refractivity contribution in [2.75, 3.05) is 9.80 Å². The van der Waals surface area contributed by atoms with E-state index in [0.29, 0.717) is 5.56 Å². The lowest BCUT2D eigenvalue weighted by Gasteiger charge is -2.28. The van der Waals surface area contributed by atoms with E-state index in [2.05, 4.69) is 15.1 Å². The predicted molar refractivity (Wildman–Crippen MR) is 143 cm³/mol. The van der Waals surface area contributed by atoms with Crippen molar-refractivity contribution in [2.45, 2.75) is 25.9 Å². The summed E-state index contributed by atoms with van der Waals surface area (Å²) in [7, 11) is 0. The topological polar surface area (TPSA) is 89.9 Å². The van der Waals surface area contributed by atoms with E-state index in [1.165, 1.54) is 41.3 Å². The zero-order valence-corrected chi connectivity index (χ0v) is 21.1. The highest BCUT2D eigenvalue weighted by molar-refractivity contribution is 6.35. The number of carbonyl (C=O) groups is 3. The zero-order valence-electron chi connectivity index (χ0n) is 20.4. The molecule has 5 rings (SSSR count). The van der Waals surface area contributed by atoms with Gasteiger partial charge in [0.25, 0.3) is 11.8 Å². The normalized spacial score (nSPS) is 14.7. The molecule has 1 aromatic heterocycles. The van der Waals surface area contributed by atoms with Gasteiger partial charge in [-0.2, -0.15) is 0 Å². The molecule has 1 fully saturated rings. The molecule has 10 heteroatoms. The molecule has 1 aliphatic heterocycles. The number of hydrogen-bond donors (Lipinski definition) is 2. The number of halogens is 2. The van der Waals surface area contributed by atoms with Crippen LogP contribution in [-0.2, 0) is 11.3 Å². The number of nitrogens with zero attached hydrogens (tertiary/aromatic N) is 3. The smallest absolute Gasteiger partial charge is 0.336 e. The monoisotopic (exact) mass is 529 g/mol. The van der Waals surface area contributed by atoms with E-state index in [-0.39, 0.29) is 40.1 Å². The summed E-state index contributed by atoms with van der Waals surface area (Å²) in [5, 5.41) is 3.71. The largest absolute Gasteiger partial charge is 0.361 e. The lowest BCUT2D eigenvalue weighted by atomic mass is 10.0. The summed E-state index contributed by atoms with van der Waals surface area (Å²) in [6.07, 6.45) is 1.78. The van der Waals surface area contributed by atoms with Crippen LogP contribution in [0.25, 0.3) is 15.7 Å². The molecule has 190 valence electrons. The number of imide groups is 1. The molecule has 0 bridgehead atoms. The maximum absolute atomic E-state index is 15.1. The SMILES string of the molecule is [C-]#[N+]c1ccc(N2C(=O)N(c3ccc(CNC(=O)c4ccc5[nH]ccc5c4)c(F)c3)C(C)(C)C2=O)cc1Cl. The lowest BCUT2D eigenvalue weighted by Crippen LogP contribution is -2.44. The van der Waals surface area contributed by atoms with Gasteiger partial charge in [0, 0.05) is 45.5 Å². The number of hydrogen-bond acceptors (Lipinski definition) is 3. The number of aromatic nitrogens is 1. The van der Waals surface area contributed by atoms with Crippen LogP contribution < -0.4 is 15.1 Å². The highest BCUT2D eigenvalue weighted by Gasteiger charge is 2.52. The molecular formula is C28H21ClFN5O3. The minimum atomic E-state index is -1.32. The van der Waals surface area contributed by atoms with Gasteiger partial charge in [-0.05, 0) is 62.4 Å². The summed E-state index contributed by atoms with van der Waals surface area (Å²) >= 11 is 6.12. The van der Waals surface area contributed by atoms with Crippen LogP contribution in [0.1, 0.15) is 29.8 Å². The molecule has 0 spiro atoms. The van der Waals surface area contributed by atoms with Crippen molar-refractivity contribution in [3.05, 3.63) is 100 Å². The molecular weight excluding hydrogens is 509 g/mol. The van der Waals surface area contributed by atoms with Gasteiger partial charge in [-0.1, -0.05) is 23.7 Å². The Morgan fingerprint density at radius 2 is 1.84 bits per heavy atom. The minimum absolute atomic E-state index is 0.0651. The Morgan fingerprint density at radius 1 is 1.08 bits per heavy atom. The lowest BCUT2D eigenvalue weighted by molar-refractivity contribution is -0.120. The fraction of sp³-hybridized carbons (Fsp3) is 0.143. The number of aromatic amines is 1. The summed E-state index contributed by atoms with van der Waals surface area (Å²) in [4.78, 5) is 47.7. The first-order valence-electron chi connectivity index (χ1n) is 11.6. The molecule has 2 N–H and O–H groups in total. The number of rotatable bonds is 5. The van der Waals surface area contributed by atoms with E-state index in [1.54, 1.807) is 38.2 Å². The quantitative estimate of drug-likeness (QED) is 0.238. The molecule has 0 unspecified atom stereocenters. The third-order valence-electron chi connectivity index (χ3n) is 6.53. The molecule has 0 saturated carbocycles. The first kappa shape index (κ1) is 25.0. The van der Waals surface area contributed by atoms with Gasteiger partial charge in [0.05, 0.1) is 12.3 Å². The molecule has 4 amide bonds. The molecule has 8 nitrogen and oxygen atoms in total. The highest BCUT2D eigenvalue weighted by atomic mass is 35.5. The average Bonchev–Trinajstić information content (AvgIpc) is 3.42. The molecule has 0 radical (unpaired) electrons. The van der Waals surface area contributed by atoms with Gasteiger partial charge >= 0.3 is 6.03 Å². The Hall–Kier alpha value is -4.68. The molecule has 0 atom stereocenters. The van der Waals surface area contributed by atoms with Crippen molar-refractivity contribution in [1.29, 1.82) is 0 Å². The maximum atomic E-state index is 15.1. The molecule has 2 heterocycles. The average molecular weight is 530 g/mol. The van der Waals surface area contributed by atoms with Crippen molar-refractivity contribution in [2.24, 2.45) is 0 Å². The van der Waals surface area contributed by atoms with Crippen LogP contribution >= 0.6 is 11.6 Å². The van der Waals surface area contributed by atoms with Crippen molar-refractivity contribution < 1.29 is 18.8 Å². The van der Waals surface area contributed by atoms with E-state index in [1.807, 2.05) is 6.07 Å². The molecule has 38 heavy (non-hydrogen) atoms. The van der Waals surface area contributed by atoms with E-state index in [0.717, 1.165) is 15.8 Å². The van der Waals surface area contributed by atoms with Crippen molar-refractivity contribution in [3.8, 4) is 0 Å². The molecule has 3 aromatic carbocycles. The maximum Gasteiger partial charge on any atom is 0.336 e. The molecule has 1 saturated heterocycles. The predicted octanol–water partition coefficient (Wildman–Crippen LogP) is 6.19. The minimum Gasteiger partial charge on any atom is -0.361 e. The van der Waals surface area contributed by atoms with Crippen molar-refractivity contribution in [3.63, 3.8) is 0 Å². The fourth-order valence-corrected chi connectivity index (χ4v) is 4.69. The third-order valence-corrected chi connectivity index (χ3v) is 6.83. The highest BCUT2D eigenvalue weighted by Crippen LogP contribution is 2.38. The van der Waals surface area contributed by atoms with Crippen LogP contribution in [0.3, 0.4) is 0 Å². The van der Waals surface area contributed by atoms with E-state index in [4.69, 9.17) is 18.2 Å². The Balaban J connectivity index is 1.36. The van der Waals surface area contributed by atoms with Gasteiger partial charge in [0.1, 0.15) is 11.4 Å². The van der Waals surface area contributed by atoms with Crippen LogP contribution in [-0.4, -0.2) is 28.4 Å². The van der Waals surface area contributed by atoms with Gasteiger partial charge in [-0.25, -0.2) is 18.9 Å². The van der Waals surface area contributed by atoms with Crippen LogP contribution in [0.4, 0.5) is 26.2 Å². The second-order valence-electron chi connectivity index (χ2n) is 9.30. The first-order chi connectivity index (χ1) is 18.1. The van der Waals surface area contributed by atoms with Crippen molar-refractivity contribution >= 4 is 57.4 Å². The first-order valence-corrected chi connectivity index (χ1v) is 12.0. The molecule has 4 aromatic rings. The number of anilines is 2. The summed E-state index contributed by atoms with van der Waals surface area (Å²) < 4.78 is 15.1. The van der Waals surface area contributed by atoms with E-state index in [9.17, 15) is 14.4 Å². The van der Waals surface area contributed by atoms with Crippen molar-refractivity contribution in [1.82, 2.24) is 10.3 Å². The number of urea groups is 1. The number of nitrogens with one attached hydrogen (secondary N) is 2. The standard InChI is InChI=1S/C28H21ClFN5O3/c1-28(2)26(37)34(19-7-9-24(31-3)21(29)13-19)27(38)35(28)20-6-4-18(22(30)14-20)15-33-25(36)17-5-8-23-16(12-17)10-11-32-23/h4-14,32H,15H2,1-2H3,(H,33,36). The van der Waals surface area contributed by atoms with Gasteiger partial charge in [-0.15, -0.1) is 0 Å². The number of carbonyl (C=O) groups excluding carboxylic acids is 3. The van der Waals surface area contributed by atoms with Crippen LogP contribution in [0.15, 0.2) is 66.9 Å². The summed E-state index contributed by atoms with van der Waals surface area (Å²) in [6, 6.07) is 14.8. The van der Waals surface area contributed by atoms with Gasteiger partial charge in [0.2, 0.25) is 5.69 Å². The van der Waals surface area contributed by atoms with Gasteiger partial charge in [-0.3, -0.25) is 14.5 Å². The van der Waals surface area contributed by atoms with Gasteiger partial charge in [0.15, 0.2) is 0 Å². The zero-order chi connectivity index (χ0) is 27.2. The number of amides is 4. The van der Waals surface area contributed by atoms with E-state index >= 15 is 4.39 Å². The number of benzene rings is 3. The summed E-state index contributed by atoms with van der Waals surface area (Å²) in [6.45, 7) is 10.2. The van der Waals surface area contributed by atoms with Crippen LogP contribution in [0.2, 0.25) is 5.02 Å². The second-order valence-corrected chi connectivity index (χ2v) is 9.71. The van der Waals surface area contributed by atoms with Crippen LogP contribution in [0, 0.1) is 12.4 Å². The Labute approximate surface area is 222 Å². The summed E-state index contributed by atoms with van der Waals surface area (Å²) in [5.41, 5.74) is 0.848. The Morgan fingerprint density at radius 3 is 2.55 bits per heavy atom. The third kappa shape index (κ3) is 4.15. The Bertz CT molecular complexity index is 1670. The van der Waals surface area contributed by atoms with E-state index < -0.39 is 23.3 Å². The summed E-state index contributed by atoms with van der Waals surface area (Å²) in [5.74, 6) is -1.51. The number of H-pyrrole nitrogens is 1. The molecule has 0 aliphatic carbocycles. The van der Waals surface area contributed by atoms with Gasteiger partial charge < -0.3 is 10.3 Å². The molecule has 1 aliphatic rings.